The van der Waals surface area contributed by atoms with Crippen LogP contribution >= 0.6 is 0 Å². The van der Waals surface area contributed by atoms with Gasteiger partial charge in [0.25, 0.3) is 5.91 Å². The largest absolute Gasteiger partial charge is 0.497 e. The summed E-state index contributed by atoms with van der Waals surface area (Å²) in [6.07, 6.45) is 0. The fraction of sp³-hybridized carbons (Fsp3) is 0.440. The number of ether oxygens (including phenoxy) is 4. The molecule has 8 nitrogen and oxygen atoms in total. The van der Waals surface area contributed by atoms with Gasteiger partial charge in [-0.25, -0.2) is 0 Å². The molecule has 0 spiro atoms. The molecule has 4 rings (SSSR count). The van der Waals surface area contributed by atoms with Crippen LogP contribution in [0.25, 0.3) is 0 Å². The van der Waals surface area contributed by atoms with Crippen LogP contribution in [-0.2, 0) is 9.53 Å². The molecule has 2 fully saturated rings. The molecule has 2 aliphatic heterocycles. The molecule has 0 radical (unpaired) electrons. The van der Waals surface area contributed by atoms with Crippen molar-refractivity contribution in [3.05, 3.63) is 53.6 Å². The van der Waals surface area contributed by atoms with Gasteiger partial charge in [-0.3, -0.25) is 9.59 Å². The highest BCUT2D eigenvalue weighted by Crippen LogP contribution is 2.40. The zero-order valence-electron chi connectivity index (χ0n) is 19.3. The van der Waals surface area contributed by atoms with Crippen molar-refractivity contribution in [3.8, 4) is 17.2 Å². The smallest absolute Gasteiger partial charge is 0.253 e. The predicted molar refractivity (Wildman–Crippen MR) is 122 cm³/mol. The third-order valence-electron chi connectivity index (χ3n) is 6.42. The zero-order valence-corrected chi connectivity index (χ0v) is 19.3. The van der Waals surface area contributed by atoms with Gasteiger partial charge in [0.05, 0.1) is 40.5 Å². The van der Waals surface area contributed by atoms with E-state index in [4.69, 9.17) is 18.9 Å². The molecule has 2 heterocycles. The van der Waals surface area contributed by atoms with Crippen LogP contribution in [0.15, 0.2) is 42.5 Å². The van der Waals surface area contributed by atoms with Gasteiger partial charge in [0, 0.05) is 43.2 Å². The van der Waals surface area contributed by atoms with Gasteiger partial charge in [0.15, 0.2) is 0 Å². The highest BCUT2D eigenvalue weighted by molar-refractivity contribution is 5.95. The van der Waals surface area contributed by atoms with Gasteiger partial charge in [-0.1, -0.05) is 0 Å². The van der Waals surface area contributed by atoms with Gasteiger partial charge in [-0.2, -0.15) is 0 Å². The Morgan fingerprint density at radius 3 is 2.15 bits per heavy atom. The first-order valence-electron chi connectivity index (χ1n) is 11.1. The SMILES string of the molecule is COc1ccc(C(=O)N2C[C@H](C(=O)N3CCOCC3)[C@@H](c3cc(OC)ccc3OC)C2)cc1. The van der Waals surface area contributed by atoms with E-state index < -0.39 is 0 Å². The van der Waals surface area contributed by atoms with Crippen LogP contribution in [-0.4, -0.2) is 82.3 Å². The van der Waals surface area contributed by atoms with Crippen LogP contribution in [0.3, 0.4) is 0 Å². The molecule has 2 amide bonds. The lowest BCUT2D eigenvalue weighted by Gasteiger charge is -2.31. The maximum absolute atomic E-state index is 13.6. The molecule has 0 N–H and O–H groups in total. The Hall–Kier alpha value is -3.26. The normalized spacial score (nSPS) is 20.5. The standard InChI is InChI=1S/C25H30N2O6/c1-30-18-6-4-17(5-7-18)24(28)27-15-21(20-14-19(31-2)8-9-23(20)32-3)22(16-27)25(29)26-10-12-33-13-11-26/h4-9,14,21-22H,10-13,15-16H2,1-3H3/t21-,22+/m1/s1. The molecular weight excluding hydrogens is 424 g/mol. The van der Waals surface area contributed by atoms with Crippen LogP contribution in [0.5, 0.6) is 17.2 Å². The third kappa shape index (κ3) is 4.75. The number of morpholine rings is 1. The Morgan fingerprint density at radius 2 is 1.52 bits per heavy atom. The van der Waals surface area contributed by atoms with E-state index in [9.17, 15) is 9.59 Å². The number of benzene rings is 2. The van der Waals surface area contributed by atoms with Gasteiger partial charge in [-0.15, -0.1) is 0 Å². The summed E-state index contributed by atoms with van der Waals surface area (Å²) in [6, 6.07) is 12.6. The number of likely N-dealkylation sites (tertiary alicyclic amines) is 1. The monoisotopic (exact) mass is 454 g/mol. The van der Waals surface area contributed by atoms with E-state index in [0.717, 1.165) is 5.56 Å². The summed E-state index contributed by atoms with van der Waals surface area (Å²) >= 11 is 0. The molecule has 8 heteroatoms. The zero-order chi connectivity index (χ0) is 23.4. The van der Waals surface area contributed by atoms with E-state index >= 15 is 0 Å². The Morgan fingerprint density at radius 1 is 0.848 bits per heavy atom. The van der Waals surface area contributed by atoms with Gasteiger partial charge >= 0.3 is 0 Å². The van der Waals surface area contributed by atoms with Crippen LogP contribution in [0.4, 0.5) is 0 Å². The molecule has 2 aromatic carbocycles. The average Bonchev–Trinajstić information content (AvgIpc) is 3.33. The molecule has 2 atom stereocenters. The summed E-state index contributed by atoms with van der Waals surface area (Å²) in [5.41, 5.74) is 1.43. The lowest BCUT2D eigenvalue weighted by molar-refractivity contribution is -0.139. The maximum Gasteiger partial charge on any atom is 0.253 e. The average molecular weight is 455 g/mol. The van der Waals surface area contributed by atoms with Gasteiger partial charge in [0.1, 0.15) is 17.2 Å². The van der Waals surface area contributed by atoms with Crippen LogP contribution in [0.1, 0.15) is 21.8 Å². The molecule has 0 bridgehead atoms. The topological polar surface area (TPSA) is 77.5 Å². The number of carbonyl (C=O) groups excluding carboxylic acids is 2. The molecule has 2 aromatic rings. The summed E-state index contributed by atoms with van der Waals surface area (Å²) in [5.74, 6) is 1.38. The van der Waals surface area contributed by atoms with Crippen molar-refractivity contribution in [1.82, 2.24) is 9.80 Å². The lowest BCUT2D eigenvalue weighted by Crippen LogP contribution is -2.45. The Bertz CT molecular complexity index is 987. The van der Waals surface area contributed by atoms with Gasteiger partial charge < -0.3 is 28.7 Å². The minimum Gasteiger partial charge on any atom is -0.497 e. The second-order valence-electron chi connectivity index (χ2n) is 8.20. The highest BCUT2D eigenvalue weighted by Gasteiger charge is 2.43. The van der Waals surface area contributed by atoms with Crippen LogP contribution < -0.4 is 14.2 Å². The Labute approximate surface area is 194 Å². The molecular formula is C25H30N2O6. The van der Waals surface area contributed by atoms with Gasteiger partial charge in [-0.05, 0) is 42.5 Å². The summed E-state index contributed by atoms with van der Waals surface area (Å²) < 4.78 is 21.7. The maximum atomic E-state index is 13.6. The molecule has 2 aliphatic rings. The molecule has 2 saturated heterocycles. The van der Waals surface area contributed by atoms with Crippen molar-refractivity contribution < 1.29 is 28.5 Å². The molecule has 176 valence electrons. The second-order valence-corrected chi connectivity index (χ2v) is 8.20. The van der Waals surface area contributed by atoms with Crippen molar-refractivity contribution >= 4 is 11.8 Å². The van der Waals surface area contributed by atoms with E-state index in [1.165, 1.54) is 0 Å². The van der Waals surface area contributed by atoms with Crippen molar-refractivity contribution in [2.24, 2.45) is 5.92 Å². The van der Waals surface area contributed by atoms with Crippen molar-refractivity contribution in [3.63, 3.8) is 0 Å². The van der Waals surface area contributed by atoms with Crippen molar-refractivity contribution in [1.29, 1.82) is 0 Å². The fourth-order valence-electron chi connectivity index (χ4n) is 4.60. The van der Waals surface area contributed by atoms with E-state index in [-0.39, 0.29) is 23.7 Å². The number of rotatable bonds is 6. The first-order chi connectivity index (χ1) is 16.0. The van der Waals surface area contributed by atoms with E-state index in [1.54, 1.807) is 50.5 Å². The quantitative estimate of drug-likeness (QED) is 0.667. The fourth-order valence-corrected chi connectivity index (χ4v) is 4.60. The lowest BCUT2D eigenvalue weighted by atomic mass is 9.87. The van der Waals surface area contributed by atoms with Gasteiger partial charge in [0.2, 0.25) is 5.91 Å². The summed E-state index contributed by atoms with van der Waals surface area (Å²) in [7, 11) is 4.81. The molecule has 33 heavy (non-hydrogen) atoms. The number of carbonyl (C=O) groups is 2. The number of methoxy groups -OCH3 is 3. The molecule has 0 unspecified atom stereocenters. The molecule has 0 aromatic heterocycles. The van der Waals surface area contributed by atoms with Crippen LogP contribution in [0.2, 0.25) is 0 Å². The molecule has 0 aliphatic carbocycles. The van der Waals surface area contributed by atoms with E-state index in [2.05, 4.69) is 0 Å². The number of hydrogen-bond acceptors (Lipinski definition) is 6. The predicted octanol–water partition coefficient (Wildman–Crippen LogP) is 2.43. The summed E-state index contributed by atoms with van der Waals surface area (Å²) in [4.78, 5) is 30.5. The third-order valence-corrected chi connectivity index (χ3v) is 6.42. The highest BCUT2D eigenvalue weighted by atomic mass is 16.5. The van der Waals surface area contributed by atoms with Crippen molar-refractivity contribution in [2.45, 2.75) is 5.92 Å². The first kappa shape index (κ1) is 22.9. The first-order valence-corrected chi connectivity index (χ1v) is 11.1. The number of hydrogen-bond donors (Lipinski definition) is 0. The summed E-state index contributed by atoms with van der Waals surface area (Å²) in [6.45, 7) is 2.93. The number of amides is 2. The second kappa shape index (κ2) is 10.1. The van der Waals surface area contributed by atoms with E-state index in [0.29, 0.717) is 62.2 Å². The number of nitrogens with zero attached hydrogens (tertiary/aromatic N) is 2. The Balaban J connectivity index is 1.66. The van der Waals surface area contributed by atoms with Crippen molar-refractivity contribution in [2.75, 3.05) is 60.7 Å². The summed E-state index contributed by atoms with van der Waals surface area (Å²) in [5, 5.41) is 0. The minimum absolute atomic E-state index is 0.0400. The minimum atomic E-state index is -0.383. The Kier molecular flexibility index (Phi) is 7.03. The molecule has 0 saturated carbocycles. The van der Waals surface area contributed by atoms with E-state index in [1.807, 2.05) is 23.1 Å². The van der Waals surface area contributed by atoms with Crippen LogP contribution in [0, 0.1) is 5.92 Å².